The average Bonchev–Trinajstić information content (AvgIpc) is 2.80. The lowest BCUT2D eigenvalue weighted by molar-refractivity contribution is -0.130. The maximum absolute atomic E-state index is 12.8. The van der Waals surface area contributed by atoms with E-state index in [0.717, 1.165) is 0 Å². The van der Waals surface area contributed by atoms with Crippen LogP contribution in [-0.4, -0.2) is 56.8 Å². The summed E-state index contributed by atoms with van der Waals surface area (Å²) in [7, 11) is -2.19. The summed E-state index contributed by atoms with van der Waals surface area (Å²) in [5, 5.41) is 0.134. The van der Waals surface area contributed by atoms with Gasteiger partial charge in [-0.15, -0.1) is 0 Å². The van der Waals surface area contributed by atoms with Crippen LogP contribution in [0.3, 0.4) is 0 Å². The summed E-state index contributed by atoms with van der Waals surface area (Å²) < 4.78 is 32.0. The maximum atomic E-state index is 12.8. The van der Waals surface area contributed by atoms with Crippen molar-refractivity contribution < 1.29 is 17.9 Å². The van der Waals surface area contributed by atoms with Crippen molar-refractivity contribution in [1.82, 2.24) is 9.21 Å². The third-order valence-corrected chi connectivity index (χ3v) is 6.25. The van der Waals surface area contributed by atoms with E-state index in [9.17, 15) is 13.2 Å². The average molecular weight is 361 g/mol. The quantitative estimate of drug-likeness (QED) is 0.823. The van der Waals surface area contributed by atoms with Crippen LogP contribution in [0.1, 0.15) is 19.8 Å². The van der Waals surface area contributed by atoms with Crippen LogP contribution < -0.4 is 4.74 Å². The summed E-state index contributed by atoms with van der Waals surface area (Å²) in [5.41, 5.74) is 0. The summed E-state index contributed by atoms with van der Waals surface area (Å²) in [6.45, 7) is 3.43. The number of methoxy groups -OCH3 is 1. The van der Waals surface area contributed by atoms with Gasteiger partial charge in [-0.25, -0.2) is 8.42 Å². The molecule has 0 saturated carbocycles. The second-order valence-corrected chi connectivity index (χ2v) is 7.60. The molecule has 0 spiro atoms. The number of ether oxygens (including phenoxy) is 1. The van der Waals surface area contributed by atoms with E-state index in [1.54, 1.807) is 17.9 Å². The van der Waals surface area contributed by atoms with Crippen molar-refractivity contribution in [2.75, 3.05) is 33.3 Å². The third kappa shape index (κ3) is 3.97. The Bertz CT molecular complexity index is 678. The van der Waals surface area contributed by atoms with Crippen LogP contribution in [0, 0.1) is 0 Å². The summed E-state index contributed by atoms with van der Waals surface area (Å²) in [6.07, 6.45) is 1.04. The minimum atomic E-state index is -3.69. The molecule has 0 aliphatic carbocycles. The molecule has 1 aliphatic heterocycles. The molecule has 0 radical (unpaired) electrons. The highest BCUT2D eigenvalue weighted by Gasteiger charge is 2.29. The van der Waals surface area contributed by atoms with Gasteiger partial charge in [0.05, 0.1) is 12.1 Å². The minimum Gasteiger partial charge on any atom is -0.497 e. The molecule has 1 aromatic carbocycles. The van der Waals surface area contributed by atoms with Crippen molar-refractivity contribution in [3.63, 3.8) is 0 Å². The topological polar surface area (TPSA) is 66.9 Å². The zero-order valence-corrected chi connectivity index (χ0v) is 14.9. The molecule has 1 fully saturated rings. The van der Waals surface area contributed by atoms with Gasteiger partial charge in [0.2, 0.25) is 15.9 Å². The first kappa shape index (κ1) is 18.0. The summed E-state index contributed by atoms with van der Waals surface area (Å²) in [5.74, 6) is 0.552. The molecule has 1 heterocycles. The number of hydrogen-bond acceptors (Lipinski definition) is 4. The molecular formula is C15H21ClN2O4S. The molecule has 0 atom stereocenters. The first-order valence-corrected chi connectivity index (χ1v) is 9.33. The fraction of sp³-hybridized carbons (Fsp3) is 0.533. The second-order valence-electron chi connectivity index (χ2n) is 5.29. The number of benzene rings is 1. The maximum Gasteiger partial charge on any atom is 0.244 e. The van der Waals surface area contributed by atoms with Crippen molar-refractivity contribution in [1.29, 1.82) is 0 Å². The molecule has 1 amide bonds. The monoisotopic (exact) mass is 360 g/mol. The second kappa shape index (κ2) is 7.51. The fourth-order valence-corrected chi connectivity index (χ4v) is 4.54. The predicted octanol–water partition coefficient (Wildman–Crippen LogP) is 1.98. The summed E-state index contributed by atoms with van der Waals surface area (Å²) >= 11 is 6.10. The van der Waals surface area contributed by atoms with Crippen molar-refractivity contribution >= 4 is 27.5 Å². The van der Waals surface area contributed by atoms with E-state index < -0.39 is 10.0 Å². The van der Waals surface area contributed by atoms with E-state index >= 15 is 0 Å². The van der Waals surface area contributed by atoms with Gasteiger partial charge in [-0.05, 0) is 18.6 Å². The minimum absolute atomic E-state index is 0.0479. The van der Waals surface area contributed by atoms with E-state index in [-0.39, 0.29) is 22.4 Å². The molecule has 128 valence electrons. The Labute approximate surface area is 142 Å². The van der Waals surface area contributed by atoms with Gasteiger partial charge in [-0.2, -0.15) is 4.31 Å². The number of carbonyl (C=O) groups excluding carboxylic acids is 1. The molecule has 6 nitrogen and oxygen atoms in total. The molecule has 0 unspecified atom stereocenters. The largest absolute Gasteiger partial charge is 0.497 e. The first-order chi connectivity index (χ1) is 10.9. The van der Waals surface area contributed by atoms with Gasteiger partial charge < -0.3 is 9.64 Å². The molecule has 0 N–H and O–H groups in total. The Kier molecular flexibility index (Phi) is 5.89. The van der Waals surface area contributed by atoms with E-state index in [1.807, 2.05) is 0 Å². The van der Waals surface area contributed by atoms with Crippen molar-refractivity contribution in [2.45, 2.75) is 24.7 Å². The molecule has 0 aromatic heterocycles. The normalized spacial score (nSPS) is 16.9. The molecule has 1 saturated heterocycles. The number of halogens is 1. The van der Waals surface area contributed by atoms with Crippen LogP contribution >= 0.6 is 11.6 Å². The van der Waals surface area contributed by atoms with Crippen molar-refractivity contribution in [2.24, 2.45) is 0 Å². The predicted molar refractivity (Wildman–Crippen MR) is 88.3 cm³/mol. The van der Waals surface area contributed by atoms with Crippen LogP contribution in [0.2, 0.25) is 5.02 Å². The van der Waals surface area contributed by atoms with Crippen molar-refractivity contribution in [3.8, 4) is 5.75 Å². The SMILES string of the molecule is CCC(=O)N1CCCN(S(=O)(=O)c2ccc(OC)cc2Cl)CC1. The zero-order chi connectivity index (χ0) is 17.0. The smallest absolute Gasteiger partial charge is 0.244 e. The molecule has 0 bridgehead atoms. The van der Waals surface area contributed by atoms with Crippen LogP contribution in [0.25, 0.3) is 0 Å². The third-order valence-electron chi connectivity index (χ3n) is 3.87. The Balaban J connectivity index is 2.21. The van der Waals surface area contributed by atoms with Gasteiger partial charge in [0.15, 0.2) is 0 Å². The van der Waals surface area contributed by atoms with Crippen LogP contribution in [0.5, 0.6) is 5.75 Å². The molecular weight excluding hydrogens is 340 g/mol. The van der Waals surface area contributed by atoms with Gasteiger partial charge in [0, 0.05) is 38.7 Å². The number of carbonyl (C=O) groups is 1. The van der Waals surface area contributed by atoms with E-state index in [2.05, 4.69) is 0 Å². The van der Waals surface area contributed by atoms with E-state index in [1.165, 1.54) is 23.5 Å². The number of rotatable bonds is 4. The lowest BCUT2D eigenvalue weighted by Gasteiger charge is -2.22. The Hall–Kier alpha value is -1.31. The van der Waals surface area contributed by atoms with E-state index in [0.29, 0.717) is 38.2 Å². The Morgan fingerprint density at radius 2 is 2.00 bits per heavy atom. The number of hydrogen-bond donors (Lipinski definition) is 0. The van der Waals surface area contributed by atoms with Gasteiger partial charge in [0.25, 0.3) is 0 Å². The Morgan fingerprint density at radius 3 is 2.61 bits per heavy atom. The lowest BCUT2D eigenvalue weighted by Crippen LogP contribution is -2.37. The van der Waals surface area contributed by atoms with Crippen molar-refractivity contribution in [3.05, 3.63) is 23.2 Å². The Morgan fingerprint density at radius 1 is 1.26 bits per heavy atom. The highest BCUT2D eigenvalue weighted by atomic mass is 35.5. The number of nitrogens with zero attached hydrogens (tertiary/aromatic N) is 2. The van der Waals surface area contributed by atoms with Gasteiger partial charge in [-0.1, -0.05) is 18.5 Å². The molecule has 1 aliphatic rings. The summed E-state index contributed by atoms with van der Waals surface area (Å²) in [4.78, 5) is 13.6. The van der Waals surface area contributed by atoms with Gasteiger partial charge in [0.1, 0.15) is 10.6 Å². The van der Waals surface area contributed by atoms with Crippen LogP contribution in [0.4, 0.5) is 0 Å². The lowest BCUT2D eigenvalue weighted by atomic mass is 10.3. The first-order valence-electron chi connectivity index (χ1n) is 7.51. The standard InChI is InChI=1S/C15H21ClN2O4S/c1-3-15(19)17-7-4-8-18(10-9-17)23(20,21)14-6-5-12(22-2)11-13(14)16/h5-6,11H,3-4,7-10H2,1-2H3. The zero-order valence-electron chi connectivity index (χ0n) is 13.3. The molecule has 8 heteroatoms. The highest BCUT2D eigenvalue weighted by Crippen LogP contribution is 2.29. The van der Waals surface area contributed by atoms with E-state index in [4.69, 9.17) is 16.3 Å². The highest BCUT2D eigenvalue weighted by molar-refractivity contribution is 7.89. The van der Waals surface area contributed by atoms with Gasteiger partial charge in [-0.3, -0.25) is 4.79 Å². The molecule has 1 aromatic rings. The van der Waals surface area contributed by atoms with Gasteiger partial charge >= 0.3 is 0 Å². The summed E-state index contributed by atoms with van der Waals surface area (Å²) in [6, 6.07) is 4.51. The number of sulfonamides is 1. The number of amides is 1. The van der Waals surface area contributed by atoms with Crippen LogP contribution in [-0.2, 0) is 14.8 Å². The van der Waals surface area contributed by atoms with Crippen LogP contribution in [0.15, 0.2) is 23.1 Å². The fourth-order valence-electron chi connectivity index (χ4n) is 2.56. The molecule has 23 heavy (non-hydrogen) atoms. The molecule has 2 rings (SSSR count).